The lowest BCUT2D eigenvalue weighted by atomic mass is 9.90. The Balaban J connectivity index is 1.65. The SMILES string of the molecule is CS(=O)(=O)N1C[C@H]2CN(c3cc(CO)ccn3)C[C@H]2[C@@H]1c1ccccc1. The number of fused-ring (bicyclic) bond motifs is 1. The van der Waals surface area contributed by atoms with Crippen LogP contribution in [0, 0.1) is 11.8 Å². The van der Waals surface area contributed by atoms with Crippen LogP contribution >= 0.6 is 0 Å². The number of anilines is 1. The van der Waals surface area contributed by atoms with Crippen molar-refractivity contribution in [1.29, 1.82) is 0 Å². The van der Waals surface area contributed by atoms with Gasteiger partial charge in [-0.25, -0.2) is 13.4 Å². The van der Waals surface area contributed by atoms with Crippen LogP contribution in [0.15, 0.2) is 48.7 Å². The standard InChI is InChI=1S/C19H23N3O3S/c1-26(24,25)22-11-16-10-21(18-9-14(13-23)7-8-20-18)12-17(16)19(22)15-5-3-2-4-6-15/h2-9,16-17,19,23H,10-13H2,1H3/t16-,17-,19+/m1/s1. The first-order valence-corrected chi connectivity index (χ1v) is 10.6. The average Bonchev–Trinajstić information content (AvgIpc) is 3.20. The Kier molecular flexibility index (Phi) is 4.46. The summed E-state index contributed by atoms with van der Waals surface area (Å²) < 4.78 is 26.4. The summed E-state index contributed by atoms with van der Waals surface area (Å²) in [5.41, 5.74) is 1.88. The Morgan fingerprint density at radius 3 is 2.62 bits per heavy atom. The quantitative estimate of drug-likeness (QED) is 0.882. The number of benzene rings is 1. The van der Waals surface area contributed by atoms with E-state index < -0.39 is 10.0 Å². The topological polar surface area (TPSA) is 73.7 Å². The van der Waals surface area contributed by atoms with Crippen molar-refractivity contribution in [3.63, 3.8) is 0 Å². The number of hydrogen-bond acceptors (Lipinski definition) is 5. The van der Waals surface area contributed by atoms with Gasteiger partial charge in [-0.2, -0.15) is 4.31 Å². The summed E-state index contributed by atoms with van der Waals surface area (Å²) in [5.74, 6) is 1.35. The molecule has 1 aromatic carbocycles. The van der Waals surface area contributed by atoms with Crippen molar-refractivity contribution >= 4 is 15.8 Å². The summed E-state index contributed by atoms with van der Waals surface area (Å²) in [6.45, 7) is 2.07. The van der Waals surface area contributed by atoms with E-state index in [1.165, 1.54) is 6.26 Å². The zero-order valence-corrected chi connectivity index (χ0v) is 15.5. The number of sulfonamides is 1. The summed E-state index contributed by atoms with van der Waals surface area (Å²) in [6, 6.07) is 13.5. The van der Waals surface area contributed by atoms with E-state index in [2.05, 4.69) is 9.88 Å². The van der Waals surface area contributed by atoms with Crippen LogP contribution in [0.1, 0.15) is 17.2 Å². The molecule has 0 bridgehead atoms. The Labute approximate surface area is 154 Å². The molecular weight excluding hydrogens is 350 g/mol. The van der Waals surface area contributed by atoms with E-state index in [9.17, 15) is 13.5 Å². The number of aliphatic hydroxyl groups is 1. The van der Waals surface area contributed by atoms with Gasteiger partial charge in [0, 0.05) is 31.7 Å². The predicted molar refractivity (Wildman–Crippen MR) is 100 cm³/mol. The molecule has 0 radical (unpaired) electrons. The van der Waals surface area contributed by atoms with E-state index >= 15 is 0 Å². The maximum atomic E-state index is 12.4. The molecule has 26 heavy (non-hydrogen) atoms. The molecule has 7 heteroatoms. The van der Waals surface area contributed by atoms with Crippen LogP contribution < -0.4 is 4.90 Å². The highest BCUT2D eigenvalue weighted by molar-refractivity contribution is 7.88. The molecule has 138 valence electrons. The molecule has 6 nitrogen and oxygen atoms in total. The van der Waals surface area contributed by atoms with Crippen LogP contribution in [0.3, 0.4) is 0 Å². The van der Waals surface area contributed by atoms with Crippen LogP contribution in [0.5, 0.6) is 0 Å². The molecule has 2 fully saturated rings. The van der Waals surface area contributed by atoms with Gasteiger partial charge < -0.3 is 10.0 Å². The van der Waals surface area contributed by atoms with Crippen LogP contribution in [-0.4, -0.2) is 48.7 Å². The van der Waals surface area contributed by atoms with Crippen molar-refractivity contribution < 1.29 is 13.5 Å². The fraction of sp³-hybridized carbons (Fsp3) is 0.421. The molecule has 3 heterocycles. The predicted octanol–water partition coefficient (Wildman–Crippen LogP) is 1.64. The Bertz CT molecular complexity index is 888. The van der Waals surface area contributed by atoms with Gasteiger partial charge in [0.15, 0.2) is 0 Å². The lowest BCUT2D eigenvalue weighted by Gasteiger charge is -2.28. The van der Waals surface area contributed by atoms with Gasteiger partial charge in [-0.3, -0.25) is 0 Å². The van der Waals surface area contributed by atoms with E-state index in [-0.39, 0.29) is 24.5 Å². The van der Waals surface area contributed by atoms with Gasteiger partial charge >= 0.3 is 0 Å². The van der Waals surface area contributed by atoms with Gasteiger partial charge in [-0.05, 0) is 29.2 Å². The number of rotatable bonds is 4. The van der Waals surface area contributed by atoms with Crippen molar-refractivity contribution in [3.8, 4) is 0 Å². The van der Waals surface area contributed by atoms with E-state index in [0.717, 1.165) is 30.0 Å². The average molecular weight is 373 g/mol. The molecular formula is C19H23N3O3S. The largest absolute Gasteiger partial charge is 0.392 e. The minimum Gasteiger partial charge on any atom is -0.392 e. The second-order valence-corrected chi connectivity index (χ2v) is 9.13. The van der Waals surface area contributed by atoms with Gasteiger partial charge in [0.05, 0.1) is 18.9 Å². The minimum absolute atomic E-state index is 0.00921. The summed E-state index contributed by atoms with van der Waals surface area (Å²) in [6.07, 6.45) is 3.01. The van der Waals surface area contributed by atoms with Crippen molar-refractivity contribution in [3.05, 3.63) is 59.8 Å². The Morgan fingerprint density at radius 1 is 1.15 bits per heavy atom. The van der Waals surface area contributed by atoms with E-state index in [1.807, 2.05) is 36.4 Å². The molecule has 2 aromatic rings. The number of aromatic nitrogens is 1. The first-order valence-electron chi connectivity index (χ1n) is 8.80. The third-order valence-electron chi connectivity index (χ3n) is 5.51. The minimum atomic E-state index is -3.27. The van der Waals surface area contributed by atoms with Gasteiger partial charge in [-0.1, -0.05) is 30.3 Å². The lowest BCUT2D eigenvalue weighted by molar-refractivity contribution is 0.281. The third kappa shape index (κ3) is 3.11. The molecule has 2 aliphatic rings. The fourth-order valence-electron chi connectivity index (χ4n) is 4.33. The molecule has 4 rings (SSSR count). The zero-order chi connectivity index (χ0) is 18.3. The highest BCUT2D eigenvalue weighted by atomic mass is 32.2. The van der Waals surface area contributed by atoms with Crippen LogP contribution in [-0.2, 0) is 16.6 Å². The van der Waals surface area contributed by atoms with Crippen molar-refractivity contribution in [2.24, 2.45) is 11.8 Å². The molecule has 2 saturated heterocycles. The molecule has 2 aliphatic heterocycles. The summed E-state index contributed by atoms with van der Waals surface area (Å²) in [4.78, 5) is 6.66. The molecule has 0 aliphatic carbocycles. The van der Waals surface area contributed by atoms with E-state index in [1.54, 1.807) is 16.6 Å². The van der Waals surface area contributed by atoms with Crippen LogP contribution in [0.4, 0.5) is 5.82 Å². The van der Waals surface area contributed by atoms with Crippen LogP contribution in [0.25, 0.3) is 0 Å². The van der Waals surface area contributed by atoms with Gasteiger partial charge in [0.1, 0.15) is 5.82 Å². The van der Waals surface area contributed by atoms with E-state index in [0.29, 0.717) is 6.54 Å². The zero-order valence-electron chi connectivity index (χ0n) is 14.7. The molecule has 0 amide bonds. The van der Waals surface area contributed by atoms with Gasteiger partial charge in [0.25, 0.3) is 0 Å². The normalized spacial score (nSPS) is 26.2. The molecule has 0 spiro atoms. The lowest BCUT2D eigenvalue weighted by Crippen LogP contribution is -2.35. The highest BCUT2D eigenvalue weighted by Gasteiger charge is 2.50. The van der Waals surface area contributed by atoms with Crippen LogP contribution in [0.2, 0.25) is 0 Å². The van der Waals surface area contributed by atoms with Crippen molar-refractivity contribution in [2.75, 3.05) is 30.8 Å². The number of aliphatic hydroxyl groups excluding tert-OH is 1. The Morgan fingerprint density at radius 2 is 1.92 bits per heavy atom. The summed E-state index contributed by atoms with van der Waals surface area (Å²) >= 11 is 0. The summed E-state index contributed by atoms with van der Waals surface area (Å²) in [7, 11) is -3.27. The first-order chi connectivity index (χ1) is 12.5. The van der Waals surface area contributed by atoms with E-state index in [4.69, 9.17) is 0 Å². The van der Waals surface area contributed by atoms with Crippen molar-refractivity contribution in [1.82, 2.24) is 9.29 Å². The molecule has 1 N–H and O–H groups in total. The number of pyridine rings is 1. The third-order valence-corrected chi connectivity index (χ3v) is 6.73. The van der Waals surface area contributed by atoms with Gasteiger partial charge in [0.2, 0.25) is 10.0 Å². The number of nitrogens with zero attached hydrogens (tertiary/aromatic N) is 3. The Hall–Kier alpha value is -1.96. The van der Waals surface area contributed by atoms with Gasteiger partial charge in [-0.15, -0.1) is 0 Å². The number of hydrogen-bond donors (Lipinski definition) is 1. The maximum absolute atomic E-state index is 12.4. The molecule has 3 atom stereocenters. The molecule has 1 aromatic heterocycles. The first kappa shape index (κ1) is 17.5. The highest BCUT2D eigenvalue weighted by Crippen LogP contribution is 2.46. The second-order valence-electron chi connectivity index (χ2n) is 7.20. The summed E-state index contributed by atoms with van der Waals surface area (Å²) in [5, 5.41) is 9.36. The van der Waals surface area contributed by atoms with Crippen molar-refractivity contribution in [2.45, 2.75) is 12.6 Å². The monoisotopic (exact) mass is 373 g/mol. The smallest absolute Gasteiger partial charge is 0.211 e. The molecule has 0 saturated carbocycles. The fourth-order valence-corrected chi connectivity index (χ4v) is 5.48. The maximum Gasteiger partial charge on any atom is 0.211 e. The second kappa shape index (κ2) is 6.64. The molecule has 0 unspecified atom stereocenters.